The van der Waals surface area contributed by atoms with Gasteiger partial charge in [0.05, 0.1) is 22.0 Å². The van der Waals surface area contributed by atoms with Crippen LogP contribution in [0.1, 0.15) is 16.1 Å². The zero-order valence-electron chi connectivity index (χ0n) is 13.9. The van der Waals surface area contributed by atoms with Gasteiger partial charge in [-0.15, -0.1) is 0 Å². The third-order valence-electron chi connectivity index (χ3n) is 3.83. The summed E-state index contributed by atoms with van der Waals surface area (Å²) in [6.45, 7) is 0. The topological polar surface area (TPSA) is 67.2 Å². The highest BCUT2D eigenvalue weighted by molar-refractivity contribution is 6.34. The molecule has 3 rings (SSSR count). The van der Waals surface area contributed by atoms with Gasteiger partial charge >= 0.3 is 6.18 Å². The van der Waals surface area contributed by atoms with E-state index in [1.165, 1.54) is 31.3 Å². The summed E-state index contributed by atoms with van der Waals surface area (Å²) < 4.78 is 39.5. The first kappa shape index (κ1) is 18.8. The van der Waals surface area contributed by atoms with Crippen molar-refractivity contribution < 1.29 is 23.1 Å². The zero-order valence-corrected chi connectivity index (χ0v) is 14.6. The number of nitrogens with one attached hydrogen (secondary N) is 1. The Balaban J connectivity index is 1.88. The minimum atomic E-state index is -4.57. The number of phenols is 1. The Morgan fingerprint density at radius 1 is 1.19 bits per heavy atom. The van der Waals surface area contributed by atoms with E-state index in [1.54, 1.807) is 18.2 Å². The van der Waals surface area contributed by atoms with E-state index in [9.17, 15) is 23.1 Å². The molecule has 0 aliphatic rings. The fraction of sp³-hybridized carbons (Fsp3) is 0.111. The van der Waals surface area contributed by atoms with Crippen molar-refractivity contribution in [1.82, 2.24) is 9.78 Å². The number of benzene rings is 2. The summed E-state index contributed by atoms with van der Waals surface area (Å²) in [6.07, 6.45) is -4.57. The second-order valence-corrected chi connectivity index (χ2v) is 6.11. The Morgan fingerprint density at radius 2 is 1.89 bits per heavy atom. The van der Waals surface area contributed by atoms with Crippen molar-refractivity contribution in [2.45, 2.75) is 6.18 Å². The maximum atomic E-state index is 12.8. The number of nitrogens with zero attached hydrogens (tertiary/aromatic N) is 2. The summed E-state index contributed by atoms with van der Waals surface area (Å²) in [5.74, 6) is -0.828. The molecule has 9 heteroatoms. The number of hydrogen-bond donors (Lipinski definition) is 2. The fourth-order valence-electron chi connectivity index (χ4n) is 2.51. The summed E-state index contributed by atoms with van der Waals surface area (Å²) >= 11 is 5.96. The molecular weight excluding hydrogens is 383 g/mol. The van der Waals surface area contributed by atoms with Gasteiger partial charge in [0, 0.05) is 12.6 Å². The third kappa shape index (κ3) is 3.90. The Labute approximate surface area is 157 Å². The van der Waals surface area contributed by atoms with Gasteiger partial charge in [0.2, 0.25) is 0 Å². The summed E-state index contributed by atoms with van der Waals surface area (Å²) in [5.41, 5.74) is -0.225. The molecule has 0 radical (unpaired) electrons. The number of phenolic OH excluding ortho intramolecular Hbond substituents is 1. The number of carbonyl (C=O) groups is 1. The molecule has 0 fully saturated rings. The molecule has 0 aliphatic heterocycles. The second kappa shape index (κ2) is 6.96. The van der Waals surface area contributed by atoms with Gasteiger partial charge in [-0.05, 0) is 30.3 Å². The summed E-state index contributed by atoms with van der Waals surface area (Å²) in [4.78, 5) is 12.3. The maximum absolute atomic E-state index is 12.8. The smallest absolute Gasteiger partial charge is 0.435 e. The molecule has 0 saturated carbocycles. The maximum Gasteiger partial charge on any atom is 0.435 e. The van der Waals surface area contributed by atoms with Crippen LogP contribution in [0.2, 0.25) is 5.02 Å². The van der Waals surface area contributed by atoms with Crippen LogP contribution in [0.15, 0.2) is 48.5 Å². The molecule has 1 heterocycles. The van der Waals surface area contributed by atoms with E-state index in [4.69, 9.17) is 11.6 Å². The predicted octanol–water partition coefficient (Wildman–Crippen LogP) is 4.72. The normalized spacial score (nSPS) is 11.4. The standard InChI is InChI=1S/C18H13ClF3N3O2/c1-25-14(9-16(24-25)18(20,21)22)10-6-7-13(15(26)8-10)23-17(27)11-4-2-3-5-12(11)19/h2-9,26H,1H3,(H,23,27). The molecule has 0 bridgehead atoms. The van der Waals surface area contributed by atoms with Crippen molar-refractivity contribution in [3.8, 4) is 17.0 Å². The van der Waals surface area contributed by atoms with Crippen molar-refractivity contribution in [1.29, 1.82) is 0 Å². The Morgan fingerprint density at radius 3 is 2.48 bits per heavy atom. The average molecular weight is 396 g/mol. The monoisotopic (exact) mass is 395 g/mol. The minimum Gasteiger partial charge on any atom is -0.506 e. The van der Waals surface area contributed by atoms with Crippen LogP contribution >= 0.6 is 11.6 Å². The first-order valence-electron chi connectivity index (χ1n) is 7.67. The fourth-order valence-corrected chi connectivity index (χ4v) is 2.73. The van der Waals surface area contributed by atoms with Crippen LogP contribution in [0.4, 0.5) is 18.9 Å². The van der Waals surface area contributed by atoms with Crippen LogP contribution in [0.25, 0.3) is 11.3 Å². The second-order valence-electron chi connectivity index (χ2n) is 5.70. The lowest BCUT2D eigenvalue weighted by Crippen LogP contribution is -2.12. The van der Waals surface area contributed by atoms with Gasteiger partial charge in [-0.25, -0.2) is 0 Å². The summed E-state index contributed by atoms with van der Waals surface area (Å²) in [6, 6.07) is 11.4. The SMILES string of the molecule is Cn1nc(C(F)(F)F)cc1-c1ccc(NC(=O)c2ccccc2Cl)c(O)c1. The predicted molar refractivity (Wildman–Crippen MR) is 94.7 cm³/mol. The van der Waals surface area contributed by atoms with Crippen molar-refractivity contribution in [3.05, 3.63) is 64.8 Å². The molecule has 27 heavy (non-hydrogen) atoms. The third-order valence-corrected chi connectivity index (χ3v) is 4.16. The summed E-state index contributed by atoms with van der Waals surface area (Å²) in [5, 5.41) is 16.4. The molecule has 3 aromatic rings. The van der Waals surface area contributed by atoms with Crippen LogP contribution in [0.5, 0.6) is 5.75 Å². The van der Waals surface area contributed by atoms with Crippen LogP contribution in [-0.2, 0) is 13.2 Å². The van der Waals surface area contributed by atoms with Crippen LogP contribution in [0.3, 0.4) is 0 Å². The average Bonchev–Trinajstić information content (AvgIpc) is 2.99. The molecule has 1 amide bonds. The number of aryl methyl sites for hydroxylation is 1. The molecule has 2 aromatic carbocycles. The van der Waals surface area contributed by atoms with Crippen LogP contribution in [0, 0.1) is 0 Å². The Kier molecular flexibility index (Phi) is 4.84. The largest absolute Gasteiger partial charge is 0.506 e. The minimum absolute atomic E-state index is 0.0990. The van der Waals surface area contributed by atoms with Crippen LogP contribution in [-0.4, -0.2) is 20.8 Å². The highest BCUT2D eigenvalue weighted by Gasteiger charge is 2.34. The van der Waals surface area contributed by atoms with Gasteiger partial charge in [0.25, 0.3) is 5.91 Å². The quantitative estimate of drug-likeness (QED) is 0.631. The van der Waals surface area contributed by atoms with Gasteiger partial charge in [-0.2, -0.15) is 18.3 Å². The molecule has 0 unspecified atom stereocenters. The molecule has 1 aromatic heterocycles. The highest BCUT2D eigenvalue weighted by Crippen LogP contribution is 2.34. The molecule has 0 atom stereocenters. The molecule has 0 spiro atoms. The van der Waals surface area contributed by atoms with Crippen molar-refractivity contribution in [2.24, 2.45) is 7.05 Å². The van der Waals surface area contributed by atoms with E-state index in [2.05, 4.69) is 10.4 Å². The van der Waals surface area contributed by atoms with Gasteiger partial charge in [0.15, 0.2) is 5.69 Å². The molecular formula is C18H13ClF3N3O2. The van der Waals surface area contributed by atoms with Crippen molar-refractivity contribution in [3.63, 3.8) is 0 Å². The number of hydrogen-bond acceptors (Lipinski definition) is 3. The van der Waals surface area contributed by atoms with Gasteiger partial charge in [-0.1, -0.05) is 29.8 Å². The number of rotatable bonds is 3. The highest BCUT2D eigenvalue weighted by atomic mass is 35.5. The number of aromatic nitrogens is 2. The van der Waals surface area contributed by atoms with Crippen molar-refractivity contribution >= 4 is 23.2 Å². The van der Waals surface area contributed by atoms with E-state index in [1.807, 2.05) is 0 Å². The van der Waals surface area contributed by atoms with Gasteiger partial charge in [-0.3, -0.25) is 9.48 Å². The number of carbonyl (C=O) groups excluding carboxylic acids is 1. The first-order chi connectivity index (χ1) is 12.7. The number of halogens is 4. The van der Waals surface area contributed by atoms with Gasteiger partial charge < -0.3 is 10.4 Å². The molecule has 5 nitrogen and oxygen atoms in total. The van der Waals surface area contributed by atoms with Gasteiger partial charge in [0.1, 0.15) is 5.75 Å². The molecule has 0 saturated heterocycles. The van der Waals surface area contributed by atoms with Crippen molar-refractivity contribution in [2.75, 3.05) is 5.32 Å². The molecule has 140 valence electrons. The Bertz CT molecular complexity index is 1020. The summed E-state index contributed by atoms with van der Waals surface area (Å²) in [7, 11) is 1.37. The number of aromatic hydroxyl groups is 1. The number of alkyl halides is 3. The first-order valence-corrected chi connectivity index (χ1v) is 8.05. The lowest BCUT2D eigenvalue weighted by atomic mass is 10.1. The van der Waals surface area contributed by atoms with E-state index < -0.39 is 17.8 Å². The number of amides is 1. The van der Waals surface area contributed by atoms with E-state index in [0.717, 1.165) is 10.7 Å². The Hall–Kier alpha value is -3.00. The molecule has 0 aliphatic carbocycles. The van der Waals surface area contributed by atoms with E-state index >= 15 is 0 Å². The zero-order chi connectivity index (χ0) is 19.8. The van der Waals surface area contributed by atoms with Crippen LogP contribution < -0.4 is 5.32 Å². The molecule has 2 N–H and O–H groups in total. The lowest BCUT2D eigenvalue weighted by molar-refractivity contribution is -0.141. The number of anilines is 1. The lowest BCUT2D eigenvalue weighted by Gasteiger charge is -2.10. The van der Waals surface area contributed by atoms with E-state index in [0.29, 0.717) is 5.56 Å². The van der Waals surface area contributed by atoms with E-state index in [-0.39, 0.29) is 27.7 Å².